The van der Waals surface area contributed by atoms with Crippen LogP contribution >= 0.6 is 11.8 Å². The fourth-order valence-corrected chi connectivity index (χ4v) is 2.86. The topological polar surface area (TPSA) is 71.3 Å². The molecule has 0 aliphatic carbocycles. The molecule has 0 aliphatic rings. The molecule has 0 fully saturated rings. The largest absolute Gasteiger partial charge is 0.459 e. The summed E-state index contributed by atoms with van der Waals surface area (Å²) in [5.41, 5.74) is 1.06. The number of thioether (sulfide) groups is 1. The molecule has 0 radical (unpaired) electrons. The molecule has 126 valence electrons. The number of benzene rings is 2. The molecule has 1 aromatic heterocycles. The van der Waals surface area contributed by atoms with Gasteiger partial charge in [0.05, 0.1) is 23.4 Å². The van der Waals surface area contributed by atoms with Gasteiger partial charge in [0.25, 0.3) is 5.91 Å². The summed E-state index contributed by atoms with van der Waals surface area (Å²) in [7, 11) is 0. The maximum absolute atomic E-state index is 12.2. The summed E-state index contributed by atoms with van der Waals surface area (Å²) in [6, 6.07) is 20.0. The number of carbonyl (C=O) groups excluding carboxylic acids is 2. The van der Waals surface area contributed by atoms with Gasteiger partial charge in [-0.05, 0) is 36.4 Å². The van der Waals surface area contributed by atoms with Crippen molar-refractivity contribution < 1.29 is 14.0 Å². The number of hydrogen-bond donors (Lipinski definition) is 2. The Bertz CT molecular complexity index is 848. The second-order valence-electron chi connectivity index (χ2n) is 5.13. The lowest BCUT2D eigenvalue weighted by atomic mass is 10.2. The number of carbonyl (C=O) groups is 2. The zero-order valence-electron chi connectivity index (χ0n) is 13.3. The van der Waals surface area contributed by atoms with Crippen LogP contribution in [0, 0.1) is 0 Å². The Labute approximate surface area is 149 Å². The van der Waals surface area contributed by atoms with Crippen molar-refractivity contribution in [2.24, 2.45) is 0 Å². The second kappa shape index (κ2) is 8.21. The molecule has 0 unspecified atom stereocenters. The predicted octanol–water partition coefficient (Wildman–Crippen LogP) is 4.26. The lowest BCUT2D eigenvalue weighted by Crippen LogP contribution is -2.17. The van der Waals surface area contributed by atoms with Crippen LogP contribution in [-0.4, -0.2) is 17.6 Å². The van der Waals surface area contributed by atoms with E-state index in [0.29, 0.717) is 11.4 Å². The molecule has 3 rings (SSSR count). The molecule has 3 aromatic rings. The lowest BCUT2D eigenvalue weighted by Gasteiger charge is -2.11. The van der Waals surface area contributed by atoms with Gasteiger partial charge in [-0.25, -0.2) is 0 Å². The highest BCUT2D eigenvalue weighted by Gasteiger charge is 2.12. The van der Waals surface area contributed by atoms with E-state index in [9.17, 15) is 9.59 Å². The monoisotopic (exact) mass is 352 g/mol. The first-order chi connectivity index (χ1) is 12.2. The van der Waals surface area contributed by atoms with Crippen LogP contribution < -0.4 is 10.6 Å². The average Bonchev–Trinajstić information content (AvgIpc) is 3.17. The van der Waals surface area contributed by atoms with Crippen molar-refractivity contribution in [3.05, 3.63) is 78.8 Å². The number of rotatable bonds is 6. The highest BCUT2D eigenvalue weighted by molar-refractivity contribution is 8.00. The third kappa shape index (κ3) is 4.74. The van der Waals surface area contributed by atoms with E-state index in [1.807, 2.05) is 30.3 Å². The molecule has 25 heavy (non-hydrogen) atoms. The molecule has 0 saturated heterocycles. The number of anilines is 2. The van der Waals surface area contributed by atoms with Crippen molar-refractivity contribution in [3.63, 3.8) is 0 Å². The summed E-state index contributed by atoms with van der Waals surface area (Å²) in [5, 5.41) is 5.56. The van der Waals surface area contributed by atoms with Gasteiger partial charge in [-0.1, -0.05) is 30.3 Å². The molecule has 0 spiro atoms. The number of hydrogen-bond acceptors (Lipinski definition) is 4. The third-order valence-electron chi connectivity index (χ3n) is 3.31. The van der Waals surface area contributed by atoms with E-state index in [0.717, 1.165) is 4.90 Å². The molecule has 0 bridgehead atoms. The van der Waals surface area contributed by atoms with Crippen LogP contribution in [0.4, 0.5) is 11.4 Å². The Kier molecular flexibility index (Phi) is 5.53. The molecule has 2 amide bonds. The summed E-state index contributed by atoms with van der Waals surface area (Å²) in [4.78, 5) is 25.3. The minimum Gasteiger partial charge on any atom is -0.459 e. The van der Waals surface area contributed by atoms with Crippen LogP contribution in [0.3, 0.4) is 0 Å². The van der Waals surface area contributed by atoms with E-state index >= 15 is 0 Å². The van der Waals surface area contributed by atoms with E-state index in [2.05, 4.69) is 10.6 Å². The van der Waals surface area contributed by atoms with Gasteiger partial charge in [0.1, 0.15) is 0 Å². The van der Waals surface area contributed by atoms with Gasteiger partial charge in [-0.15, -0.1) is 11.8 Å². The first-order valence-electron chi connectivity index (χ1n) is 7.64. The quantitative estimate of drug-likeness (QED) is 0.650. The van der Waals surface area contributed by atoms with Crippen molar-refractivity contribution in [1.82, 2.24) is 0 Å². The predicted molar refractivity (Wildman–Crippen MR) is 98.9 cm³/mol. The first kappa shape index (κ1) is 16.9. The number of amides is 2. The van der Waals surface area contributed by atoms with Crippen molar-refractivity contribution in [3.8, 4) is 0 Å². The molecule has 0 saturated carbocycles. The van der Waals surface area contributed by atoms with Crippen LogP contribution in [-0.2, 0) is 4.79 Å². The molecule has 6 heteroatoms. The Hall–Kier alpha value is -2.99. The summed E-state index contributed by atoms with van der Waals surface area (Å²) in [5.74, 6) is -0.0236. The number of furan rings is 1. The third-order valence-corrected chi connectivity index (χ3v) is 4.32. The Morgan fingerprint density at radius 1 is 0.840 bits per heavy atom. The molecule has 2 N–H and O–H groups in total. The summed E-state index contributed by atoms with van der Waals surface area (Å²) in [6.07, 6.45) is 1.43. The van der Waals surface area contributed by atoms with Gasteiger partial charge >= 0.3 is 0 Å². The standard InChI is InChI=1S/C19H16N2O3S/c22-18(13-25-14-7-2-1-3-8-14)20-15-9-4-5-10-16(15)21-19(23)17-11-6-12-24-17/h1-12H,13H2,(H,20,22)(H,21,23). The van der Waals surface area contributed by atoms with E-state index < -0.39 is 0 Å². The van der Waals surface area contributed by atoms with E-state index in [-0.39, 0.29) is 23.3 Å². The minimum atomic E-state index is -0.370. The van der Waals surface area contributed by atoms with Crippen molar-refractivity contribution in [2.45, 2.75) is 4.90 Å². The van der Waals surface area contributed by atoms with Crippen molar-refractivity contribution >= 4 is 35.0 Å². The molecule has 2 aromatic carbocycles. The Morgan fingerprint density at radius 3 is 2.20 bits per heavy atom. The normalized spacial score (nSPS) is 10.2. The Morgan fingerprint density at radius 2 is 1.52 bits per heavy atom. The van der Waals surface area contributed by atoms with E-state index in [1.165, 1.54) is 18.0 Å². The molecular formula is C19H16N2O3S. The molecule has 5 nitrogen and oxygen atoms in total. The molecule has 1 heterocycles. The maximum Gasteiger partial charge on any atom is 0.291 e. The zero-order valence-corrected chi connectivity index (χ0v) is 14.1. The van der Waals surface area contributed by atoms with Crippen LogP contribution in [0.25, 0.3) is 0 Å². The van der Waals surface area contributed by atoms with Crippen molar-refractivity contribution in [2.75, 3.05) is 16.4 Å². The van der Waals surface area contributed by atoms with Gasteiger partial charge in [-0.2, -0.15) is 0 Å². The van der Waals surface area contributed by atoms with Gasteiger partial charge in [0, 0.05) is 4.90 Å². The van der Waals surface area contributed by atoms with Crippen LogP contribution in [0.2, 0.25) is 0 Å². The van der Waals surface area contributed by atoms with Crippen LogP contribution in [0.5, 0.6) is 0 Å². The maximum atomic E-state index is 12.2. The van der Waals surface area contributed by atoms with Gasteiger partial charge in [0.2, 0.25) is 5.91 Å². The second-order valence-corrected chi connectivity index (χ2v) is 6.18. The SMILES string of the molecule is O=C(CSc1ccccc1)Nc1ccccc1NC(=O)c1ccco1. The Balaban J connectivity index is 1.62. The first-order valence-corrected chi connectivity index (χ1v) is 8.62. The van der Waals surface area contributed by atoms with Gasteiger partial charge in [-0.3, -0.25) is 9.59 Å². The average molecular weight is 352 g/mol. The van der Waals surface area contributed by atoms with Gasteiger partial charge in [0.15, 0.2) is 5.76 Å². The molecular weight excluding hydrogens is 336 g/mol. The van der Waals surface area contributed by atoms with Crippen LogP contribution in [0.1, 0.15) is 10.6 Å². The fourth-order valence-electron chi connectivity index (χ4n) is 2.14. The summed E-state index contributed by atoms with van der Waals surface area (Å²) < 4.78 is 5.07. The minimum absolute atomic E-state index is 0.145. The van der Waals surface area contributed by atoms with Crippen molar-refractivity contribution in [1.29, 1.82) is 0 Å². The van der Waals surface area contributed by atoms with E-state index in [1.54, 1.807) is 36.4 Å². The van der Waals surface area contributed by atoms with E-state index in [4.69, 9.17) is 4.42 Å². The smallest absolute Gasteiger partial charge is 0.291 e. The highest BCUT2D eigenvalue weighted by atomic mass is 32.2. The number of nitrogens with one attached hydrogen (secondary N) is 2. The highest BCUT2D eigenvalue weighted by Crippen LogP contribution is 2.23. The summed E-state index contributed by atoms with van der Waals surface area (Å²) in [6.45, 7) is 0. The molecule has 0 aliphatic heterocycles. The fraction of sp³-hybridized carbons (Fsp3) is 0.0526. The van der Waals surface area contributed by atoms with Crippen LogP contribution in [0.15, 0.2) is 82.3 Å². The lowest BCUT2D eigenvalue weighted by molar-refractivity contribution is -0.113. The molecule has 0 atom stereocenters. The zero-order chi connectivity index (χ0) is 17.5. The number of para-hydroxylation sites is 2. The summed E-state index contributed by atoms with van der Waals surface area (Å²) >= 11 is 1.45. The van der Waals surface area contributed by atoms with Gasteiger partial charge < -0.3 is 15.1 Å².